The fraction of sp³-hybridized carbons (Fsp3) is 0.0588. The summed E-state index contributed by atoms with van der Waals surface area (Å²) in [4.78, 5) is 12.2. The van der Waals surface area contributed by atoms with Crippen LogP contribution in [0.5, 0.6) is 0 Å². The number of carbonyl (C=O) groups excluding carboxylic acids is 1. The molecule has 1 heterocycles. The molecule has 0 unspecified atom stereocenters. The number of carbonyl (C=O) groups is 1. The van der Waals surface area contributed by atoms with E-state index in [0.29, 0.717) is 22.5 Å². The van der Waals surface area contributed by atoms with Crippen LogP contribution >= 0.6 is 0 Å². The second kappa shape index (κ2) is 6.00. The molecule has 4 nitrogen and oxygen atoms in total. The molecule has 0 radical (unpaired) electrons. The molecule has 1 amide bonds. The number of hydrogen-bond acceptors (Lipinski definition) is 2. The minimum atomic E-state index is -0.401. The lowest BCUT2D eigenvalue weighted by Crippen LogP contribution is -2.11. The third-order valence-corrected chi connectivity index (χ3v) is 3.37. The van der Waals surface area contributed by atoms with Crippen LogP contribution in [0.4, 0.5) is 14.5 Å². The van der Waals surface area contributed by atoms with Gasteiger partial charge in [-0.3, -0.25) is 4.79 Å². The van der Waals surface area contributed by atoms with E-state index in [4.69, 9.17) is 0 Å². The molecule has 3 aromatic rings. The first-order valence-electron chi connectivity index (χ1n) is 6.91. The molecule has 23 heavy (non-hydrogen) atoms. The second-order valence-electron chi connectivity index (χ2n) is 5.07. The molecule has 1 N–H and O–H groups in total. The zero-order chi connectivity index (χ0) is 16.4. The summed E-state index contributed by atoms with van der Waals surface area (Å²) in [7, 11) is 0. The molecule has 1 aromatic heterocycles. The topological polar surface area (TPSA) is 46.9 Å². The molecule has 116 valence electrons. The monoisotopic (exact) mass is 313 g/mol. The van der Waals surface area contributed by atoms with Crippen molar-refractivity contribution >= 4 is 11.6 Å². The number of aryl methyl sites for hydroxylation is 1. The van der Waals surface area contributed by atoms with Crippen LogP contribution in [0.25, 0.3) is 5.69 Å². The van der Waals surface area contributed by atoms with Gasteiger partial charge in [-0.05, 0) is 48.9 Å². The predicted molar refractivity (Wildman–Crippen MR) is 82.6 cm³/mol. The van der Waals surface area contributed by atoms with Crippen molar-refractivity contribution in [2.45, 2.75) is 6.92 Å². The third-order valence-electron chi connectivity index (χ3n) is 3.37. The number of nitrogens with one attached hydrogen (secondary N) is 1. The fourth-order valence-corrected chi connectivity index (χ4v) is 2.05. The van der Waals surface area contributed by atoms with Gasteiger partial charge in [-0.15, -0.1) is 0 Å². The van der Waals surface area contributed by atoms with Crippen molar-refractivity contribution in [3.8, 4) is 5.69 Å². The Hall–Kier alpha value is -3.02. The van der Waals surface area contributed by atoms with Gasteiger partial charge in [-0.25, -0.2) is 13.5 Å². The van der Waals surface area contributed by atoms with Crippen molar-refractivity contribution in [2.75, 3.05) is 5.32 Å². The van der Waals surface area contributed by atoms with E-state index >= 15 is 0 Å². The Morgan fingerprint density at radius 2 is 1.87 bits per heavy atom. The SMILES string of the molecule is Cc1ccc(NC(=O)c2cnn(-c3ccc(F)cc3)c2)cc1F. The van der Waals surface area contributed by atoms with Crippen molar-refractivity contribution < 1.29 is 13.6 Å². The maximum atomic E-state index is 13.5. The quantitative estimate of drug-likeness (QED) is 0.801. The Morgan fingerprint density at radius 3 is 2.57 bits per heavy atom. The summed E-state index contributed by atoms with van der Waals surface area (Å²) in [6.07, 6.45) is 2.91. The number of aromatic nitrogens is 2. The van der Waals surface area contributed by atoms with E-state index in [1.165, 1.54) is 35.3 Å². The van der Waals surface area contributed by atoms with Crippen molar-refractivity contribution in [3.05, 3.63) is 77.6 Å². The first kappa shape index (κ1) is 14.9. The summed E-state index contributed by atoms with van der Waals surface area (Å²) in [5.41, 5.74) is 1.82. The van der Waals surface area contributed by atoms with E-state index in [9.17, 15) is 13.6 Å². The van der Waals surface area contributed by atoms with Gasteiger partial charge < -0.3 is 5.32 Å². The summed E-state index contributed by atoms with van der Waals surface area (Å²) in [5, 5.41) is 6.68. The van der Waals surface area contributed by atoms with E-state index in [0.717, 1.165) is 0 Å². The number of amides is 1. The van der Waals surface area contributed by atoms with Gasteiger partial charge in [0.05, 0.1) is 17.4 Å². The molecule has 0 aliphatic carbocycles. The number of benzene rings is 2. The highest BCUT2D eigenvalue weighted by Gasteiger charge is 2.11. The molecule has 0 saturated heterocycles. The van der Waals surface area contributed by atoms with Crippen LogP contribution in [0.3, 0.4) is 0 Å². The molecule has 0 saturated carbocycles. The Bertz CT molecular complexity index is 857. The maximum Gasteiger partial charge on any atom is 0.258 e. The van der Waals surface area contributed by atoms with Gasteiger partial charge in [0.25, 0.3) is 5.91 Å². The van der Waals surface area contributed by atoms with Crippen molar-refractivity contribution in [1.29, 1.82) is 0 Å². The molecule has 3 rings (SSSR count). The van der Waals surface area contributed by atoms with Gasteiger partial charge in [0.1, 0.15) is 11.6 Å². The minimum Gasteiger partial charge on any atom is -0.322 e. The van der Waals surface area contributed by atoms with Gasteiger partial charge in [-0.1, -0.05) is 6.07 Å². The molecule has 0 fully saturated rings. The molecule has 2 aromatic carbocycles. The average Bonchev–Trinajstić information content (AvgIpc) is 3.02. The fourth-order valence-electron chi connectivity index (χ4n) is 2.05. The largest absolute Gasteiger partial charge is 0.322 e. The standard InChI is InChI=1S/C17H13F2N3O/c1-11-2-5-14(8-16(11)19)21-17(23)12-9-20-22(10-12)15-6-3-13(18)4-7-15/h2-10H,1H3,(H,21,23). The summed E-state index contributed by atoms with van der Waals surface area (Å²) < 4.78 is 27.9. The highest BCUT2D eigenvalue weighted by Crippen LogP contribution is 2.15. The zero-order valence-electron chi connectivity index (χ0n) is 12.3. The van der Waals surface area contributed by atoms with E-state index in [2.05, 4.69) is 10.4 Å². The Morgan fingerprint density at radius 1 is 1.13 bits per heavy atom. The van der Waals surface area contributed by atoms with E-state index < -0.39 is 5.91 Å². The Balaban J connectivity index is 1.78. The second-order valence-corrected chi connectivity index (χ2v) is 5.07. The van der Waals surface area contributed by atoms with Crippen LogP contribution in [-0.4, -0.2) is 15.7 Å². The molecule has 0 atom stereocenters. The van der Waals surface area contributed by atoms with Crippen molar-refractivity contribution in [3.63, 3.8) is 0 Å². The lowest BCUT2D eigenvalue weighted by Gasteiger charge is -2.05. The van der Waals surface area contributed by atoms with Gasteiger partial charge in [-0.2, -0.15) is 5.10 Å². The summed E-state index contributed by atoms with van der Waals surface area (Å²) in [5.74, 6) is -1.13. The predicted octanol–water partition coefficient (Wildman–Crippen LogP) is 3.71. The zero-order valence-corrected chi connectivity index (χ0v) is 12.3. The Kier molecular flexibility index (Phi) is 3.89. The van der Waals surface area contributed by atoms with Crippen LogP contribution in [0.1, 0.15) is 15.9 Å². The van der Waals surface area contributed by atoms with E-state index in [1.807, 2.05) is 0 Å². The van der Waals surface area contributed by atoms with Gasteiger partial charge >= 0.3 is 0 Å². The summed E-state index contributed by atoms with van der Waals surface area (Å²) >= 11 is 0. The lowest BCUT2D eigenvalue weighted by molar-refractivity contribution is 0.102. The minimum absolute atomic E-state index is 0.315. The molecular weight excluding hydrogens is 300 g/mol. The molecule has 0 aliphatic heterocycles. The van der Waals surface area contributed by atoms with Crippen LogP contribution in [0.2, 0.25) is 0 Å². The van der Waals surface area contributed by atoms with Crippen molar-refractivity contribution in [2.24, 2.45) is 0 Å². The molecule has 0 aliphatic rings. The normalized spacial score (nSPS) is 10.6. The van der Waals surface area contributed by atoms with Crippen LogP contribution < -0.4 is 5.32 Å². The van der Waals surface area contributed by atoms with Crippen molar-refractivity contribution in [1.82, 2.24) is 9.78 Å². The van der Waals surface area contributed by atoms with Gasteiger partial charge in [0.15, 0.2) is 0 Å². The molecule has 6 heteroatoms. The summed E-state index contributed by atoms with van der Waals surface area (Å²) in [6.45, 7) is 1.65. The highest BCUT2D eigenvalue weighted by molar-refractivity contribution is 6.04. The van der Waals surface area contributed by atoms with Gasteiger partial charge in [0, 0.05) is 11.9 Å². The number of nitrogens with zero attached hydrogens (tertiary/aromatic N) is 2. The van der Waals surface area contributed by atoms with Gasteiger partial charge in [0.2, 0.25) is 0 Å². The van der Waals surface area contributed by atoms with Crippen LogP contribution in [0.15, 0.2) is 54.9 Å². The first-order valence-corrected chi connectivity index (χ1v) is 6.91. The maximum absolute atomic E-state index is 13.5. The lowest BCUT2D eigenvalue weighted by atomic mass is 10.2. The number of anilines is 1. The molecule has 0 bridgehead atoms. The van der Waals surface area contributed by atoms with Crippen LogP contribution in [-0.2, 0) is 0 Å². The number of halogens is 2. The van der Waals surface area contributed by atoms with E-state index in [1.54, 1.807) is 31.2 Å². The Labute approximate surface area is 131 Å². The van der Waals surface area contributed by atoms with E-state index in [-0.39, 0.29) is 11.6 Å². The number of hydrogen-bond donors (Lipinski definition) is 1. The third kappa shape index (κ3) is 3.26. The molecular formula is C17H13F2N3O. The first-order chi connectivity index (χ1) is 11.0. The number of rotatable bonds is 3. The molecule has 0 spiro atoms. The average molecular weight is 313 g/mol. The highest BCUT2D eigenvalue weighted by atomic mass is 19.1. The van der Waals surface area contributed by atoms with Crippen LogP contribution in [0, 0.1) is 18.6 Å². The summed E-state index contributed by atoms with van der Waals surface area (Å²) in [6, 6.07) is 10.2. The smallest absolute Gasteiger partial charge is 0.258 e.